The van der Waals surface area contributed by atoms with E-state index in [1.54, 1.807) is 31.5 Å². The molecule has 18 heavy (non-hydrogen) atoms. The second kappa shape index (κ2) is 5.18. The summed E-state index contributed by atoms with van der Waals surface area (Å²) >= 11 is 1.58. The number of anilines is 1. The first-order chi connectivity index (χ1) is 8.59. The predicted octanol–water partition coefficient (Wildman–Crippen LogP) is 0.740. The van der Waals surface area contributed by atoms with Crippen molar-refractivity contribution in [3.05, 3.63) is 28.0 Å². The molecule has 0 aliphatic rings. The number of nitrogens with two attached hydrogens (primary N) is 1. The summed E-state index contributed by atoms with van der Waals surface area (Å²) in [5, 5.41) is 9.85. The van der Waals surface area contributed by atoms with Gasteiger partial charge < -0.3 is 11.1 Å². The van der Waals surface area contributed by atoms with Gasteiger partial charge in [-0.3, -0.25) is 9.48 Å². The zero-order chi connectivity index (χ0) is 13.1. The normalized spacial score (nSPS) is 10.6. The number of nitrogen functional groups attached to an aromatic ring is 1. The Morgan fingerprint density at radius 3 is 2.94 bits per heavy atom. The van der Waals surface area contributed by atoms with E-state index in [9.17, 15) is 4.79 Å². The number of aryl methyl sites for hydroxylation is 2. The second-order valence-electron chi connectivity index (χ2n) is 3.90. The van der Waals surface area contributed by atoms with E-state index in [2.05, 4.69) is 15.4 Å². The van der Waals surface area contributed by atoms with Crippen molar-refractivity contribution in [3.8, 4) is 0 Å². The molecule has 3 N–H and O–H groups in total. The van der Waals surface area contributed by atoms with E-state index < -0.39 is 0 Å². The van der Waals surface area contributed by atoms with Gasteiger partial charge in [-0.15, -0.1) is 11.3 Å². The van der Waals surface area contributed by atoms with Crippen LogP contribution in [-0.4, -0.2) is 27.2 Å². The van der Waals surface area contributed by atoms with Gasteiger partial charge in [0.15, 0.2) is 0 Å². The van der Waals surface area contributed by atoms with Gasteiger partial charge in [0.1, 0.15) is 5.69 Å². The van der Waals surface area contributed by atoms with Crippen LogP contribution in [0.2, 0.25) is 0 Å². The van der Waals surface area contributed by atoms with E-state index in [0.29, 0.717) is 23.6 Å². The summed E-state index contributed by atoms with van der Waals surface area (Å²) in [5.41, 5.74) is 7.33. The lowest BCUT2D eigenvalue weighted by Crippen LogP contribution is -2.28. The molecule has 0 fully saturated rings. The van der Waals surface area contributed by atoms with Crippen molar-refractivity contribution in [1.29, 1.82) is 0 Å². The van der Waals surface area contributed by atoms with E-state index >= 15 is 0 Å². The van der Waals surface area contributed by atoms with Crippen LogP contribution < -0.4 is 11.1 Å². The van der Waals surface area contributed by atoms with Crippen molar-refractivity contribution in [2.24, 2.45) is 7.05 Å². The van der Waals surface area contributed by atoms with Crippen molar-refractivity contribution in [3.63, 3.8) is 0 Å². The number of nitrogens with zero attached hydrogens (tertiary/aromatic N) is 3. The molecule has 0 atom stereocenters. The maximum Gasteiger partial charge on any atom is 0.271 e. The fourth-order valence-electron chi connectivity index (χ4n) is 1.69. The number of nitrogens with one attached hydrogen (secondary N) is 1. The molecule has 0 saturated carbocycles. The minimum absolute atomic E-state index is 0.202. The number of rotatable bonds is 4. The molecule has 7 heteroatoms. The molecule has 2 rings (SSSR count). The molecule has 2 heterocycles. The molecule has 0 spiro atoms. The highest BCUT2D eigenvalue weighted by Gasteiger charge is 2.17. The Morgan fingerprint density at radius 2 is 2.39 bits per heavy atom. The summed E-state index contributed by atoms with van der Waals surface area (Å²) in [7, 11) is 1.71. The van der Waals surface area contributed by atoms with Crippen molar-refractivity contribution in [1.82, 2.24) is 20.1 Å². The minimum atomic E-state index is -0.202. The molecule has 2 aromatic rings. The Morgan fingerprint density at radius 1 is 1.61 bits per heavy atom. The molecule has 0 bridgehead atoms. The van der Waals surface area contributed by atoms with Gasteiger partial charge in [-0.1, -0.05) is 0 Å². The first kappa shape index (κ1) is 12.6. The van der Waals surface area contributed by atoms with Gasteiger partial charge in [-0.25, -0.2) is 4.98 Å². The Hall–Kier alpha value is -1.89. The Bertz CT molecular complexity index is 546. The molecule has 0 unspecified atom stereocenters. The largest absolute Gasteiger partial charge is 0.395 e. The molecule has 0 saturated heterocycles. The van der Waals surface area contributed by atoms with Crippen molar-refractivity contribution < 1.29 is 4.79 Å². The molecule has 1 amide bonds. The van der Waals surface area contributed by atoms with Gasteiger partial charge in [0.2, 0.25) is 0 Å². The van der Waals surface area contributed by atoms with Crippen LogP contribution in [0, 0.1) is 6.92 Å². The summed E-state index contributed by atoms with van der Waals surface area (Å²) < 4.78 is 1.50. The van der Waals surface area contributed by atoms with Gasteiger partial charge in [-0.05, 0) is 6.92 Å². The number of amides is 1. The zero-order valence-corrected chi connectivity index (χ0v) is 11.1. The maximum atomic E-state index is 12.0. The van der Waals surface area contributed by atoms with Crippen molar-refractivity contribution >= 4 is 22.9 Å². The standard InChI is InChI=1S/C11H15N5OS/c1-7-9(12)10(16(2)15-7)11(17)14-4-3-8-13-5-6-18-8/h5-6H,3-4,12H2,1-2H3,(H,14,17). The lowest BCUT2D eigenvalue weighted by molar-refractivity contribution is 0.0945. The highest BCUT2D eigenvalue weighted by atomic mass is 32.1. The van der Waals surface area contributed by atoms with Crippen LogP contribution in [0.1, 0.15) is 21.2 Å². The minimum Gasteiger partial charge on any atom is -0.395 e. The van der Waals surface area contributed by atoms with Gasteiger partial charge in [0.05, 0.1) is 16.4 Å². The summed E-state index contributed by atoms with van der Waals surface area (Å²) in [6.07, 6.45) is 2.48. The third-order valence-electron chi connectivity index (χ3n) is 2.59. The van der Waals surface area contributed by atoms with Crippen LogP contribution in [0.4, 0.5) is 5.69 Å². The molecule has 0 radical (unpaired) electrons. The molecule has 96 valence electrons. The van der Waals surface area contributed by atoms with E-state index in [0.717, 1.165) is 11.4 Å². The first-order valence-corrected chi connectivity index (χ1v) is 6.43. The lowest BCUT2D eigenvalue weighted by Gasteiger charge is -2.05. The number of carbonyl (C=O) groups is 1. The van der Waals surface area contributed by atoms with E-state index in [1.165, 1.54) is 4.68 Å². The number of hydrogen-bond donors (Lipinski definition) is 2. The monoisotopic (exact) mass is 265 g/mol. The second-order valence-corrected chi connectivity index (χ2v) is 4.88. The molecule has 0 aromatic carbocycles. The SMILES string of the molecule is Cc1nn(C)c(C(=O)NCCc2nccs2)c1N. The molecule has 2 aromatic heterocycles. The average molecular weight is 265 g/mol. The predicted molar refractivity (Wildman–Crippen MR) is 70.5 cm³/mol. The Labute approximate surface area is 109 Å². The van der Waals surface area contributed by atoms with Crippen LogP contribution in [0.5, 0.6) is 0 Å². The Kier molecular flexibility index (Phi) is 3.61. The maximum absolute atomic E-state index is 12.0. The Balaban J connectivity index is 1.95. The van der Waals surface area contributed by atoms with Crippen LogP contribution in [0.25, 0.3) is 0 Å². The van der Waals surface area contributed by atoms with E-state index in [-0.39, 0.29) is 5.91 Å². The number of thiazole rings is 1. The van der Waals surface area contributed by atoms with Crippen molar-refractivity contribution in [2.75, 3.05) is 12.3 Å². The third-order valence-corrected chi connectivity index (χ3v) is 3.43. The zero-order valence-electron chi connectivity index (χ0n) is 10.3. The average Bonchev–Trinajstić information content (AvgIpc) is 2.89. The summed E-state index contributed by atoms with van der Waals surface area (Å²) in [6.45, 7) is 2.32. The van der Waals surface area contributed by atoms with Crippen LogP contribution in [0.15, 0.2) is 11.6 Å². The first-order valence-electron chi connectivity index (χ1n) is 5.55. The highest BCUT2D eigenvalue weighted by Crippen LogP contribution is 2.14. The molecule has 0 aliphatic heterocycles. The number of carbonyl (C=O) groups excluding carboxylic acids is 1. The van der Waals surface area contributed by atoms with E-state index in [1.807, 2.05) is 5.38 Å². The number of aromatic nitrogens is 3. The molecule has 6 nitrogen and oxygen atoms in total. The highest BCUT2D eigenvalue weighted by molar-refractivity contribution is 7.09. The van der Waals surface area contributed by atoms with Gasteiger partial charge in [-0.2, -0.15) is 5.10 Å². The summed E-state index contributed by atoms with van der Waals surface area (Å²) in [6, 6.07) is 0. The van der Waals surface area contributed by atoms with Gasteiger partial charge >= 0.3 is 0 Å². The number of hydrogen-bond acceptors (Lipinski definition) is 5. The van der Waals surface area contributed by atoms with E-state index in [4.69, 9.17) is 5.73 Å². The van der Waals surface area contributed by atoms with Crippen LogP contribution in [-0.2, 0) is 13.5 Å². The molecular formula is C11H15N5OS. The quantitative estimate of drug-likeness (QED) is 0.853. The van der Waals surface area contributed by atoms with Gasteiger partial charge in [0, 0.05) is 31.6 Å². The molecular weight excluding hydrogens is 250 g/mol. The van der Waals surface area contributed by atoms with Gasteiger partial charge in [0.25, 0.3) is 5.91 Å². The third kappa shape index (κ3) is 2.51. The molecule has 0 aliphatic carbocycles. The summed E-state index contributed by atoms with van der Waals surface area (Å²) in [5.74, 6) is -0.202. The topological polar surface area (TPSA) is 85.8 Å². The summed E-state index contributed by atoms with van der Waals surface area (Å²) in [4.78, 5) is 16.1. The smallest absolute Gasteiger partial charge is 0.271 e. The fourth-order valence-corrected chi connectivity index (χ4v) is 2.31. The lowest BCUT2D eigenvalue weighted by atomic mass is 10.3. The van der Waals surface area contributed by atoms with Crippen LogP contribution >= 0.6 is 11.3 Å². The van der Waals surface area contributed by atoms with Crippen LogP contribution in [0.3, 0.4) is 0 Å². The van der Waals surface area contributed by atoms with Crippen molar-refractivity contribution in [2.45, 2.75) is 13.3 Å². The fraction of sp³-hybridized carbons (Fsp3) is 0.364.